The van der Waals surface area contributed by atoms with Crippen LogP contribution in [0, 0.1) is 0 Å². The summed E-state index contributed by atoms with van der Waals surface area (Å²) in [6.07, 6.45) is 1.69. The summed E-state index contributed by atoms with van der Waals surface area (Å²) in [6.45, 7) is 0.326. The minimum atomic E-state index is -0.234. The average molecular weight is 461 g/mol. The Kier molecular flexibility index (Phi) is 6.09. The van der Waals surface area contributed by atoms with Crippen molar-refractivity contribution in [2.45, 2.75) is 6.54 Å². The molecule has 2 amide bonds. The van der Waals surface area contributed by atoms with E-state index in [0.29, 0.717) is 23.4 Å². The normalized spacial score (nSPS) is 10.8. The van der Waals surface area contributed by atoms with Crippen LogP contribution < -0.4 is 10.6 Å². The number of nitrogens with zero attached hydrogens (tertiary/aromatic N) is 2. The molecule has 0 unspecified atom stereocenters. The van der Waals surface area contributed by atoms with Crippen molar-refractivity contribution in [3.63, 3.8) is 0 Å². The minimum absolute atomic E-state index is 0.230. The van der Waals surface area contributed by atoms with Gasteiger partial charge in [-0.3, -0.25) is 14.6 Å². The second-order valence-electron chi connectivity index (χ2n) is 8.20. The number of carbonyl (C=O) groups is 2. The fourth-order valence-corrected chi connectivity index (χ4v) is 4.26. The highest BCUT2D eigenvalue weighted by molar-refractivity contribution is 6.17. The number of aromatic nitrogens is 2. The Morgan fingerprint density at radius 2 is 1.60 bits per heavy atom. The maximum Gasteiger partial charge on any atom is 0.258 e. The van der Waals surface area contributed by atoms with Gasteiger partial charge in [0.2, 0.25) is 0 Å². The van der Waals surface area contributed by atoms with E-state index in [1.54, 1.807) is 30.5 Å². The molecule has 3 aromatic carbocycles. The summed E-state index contributed by atoms with van der Waals surface area (Å²) in [4.78, 5) is 30.5. The van der Waals surface area contributed by atoms with Crippen LogP contribution in [-0.4, -0.2) is 21.4 Å². The zero-order chi connectivity index (χ0) is 24.2. The molecule has 5 aromatic rings. The third-order valence-corrected chi connectivity index (χ3v) is 5.92. The van der Waals surface area contributed by atoms with Crippen molar-refractivity contribution in [1.82, 2.24) is 14.9 Å². The average Bonchev–Trinajstić information content (AvgIpc) is 3.21. The second-order valence-corrected chi connectivity index (χ2v) is 8.20. The largest absolute Gasteiger partial charge is 0.346 e. The molecule has 172 valence electrons. The van der Waals surface area contributed by atoms with E-state index < -0.39 is 0 Å². The summed E-state index contributed by atoms with van der Waals surface area (Å²) >= 11 is 0. The van der Waals surface area contributed by atoms with Crippen molar-refractivity contribution < 1.29 is 9.59 Å². The Balaban J connectivity index is 1.43. The topological polar surface area (TPSA) is 76.0 Å². The van der Waals surface area contributed by atoms with Crippen LogP contribution >= 0.6 is 0 Å². The molecule has 0 radical (unpaired) electrons. The van der Waals surface area contributed by atoms with Crippen LogP contribution in [0.1, 0.15) is 26.4 Å². The van der Waals surface area contributed by atoms with Crippen LogP contribution in [0.3, 0.4) is 0 Å². The predicted octanol–water partition coefficient (Wildman–Crippen LogP) is 5.42. The highest BCUT2D eigenvalue weighted by Gasteiger charge is 2.22. The van der Waals surface area contributed by atoms with E-state index in [-0.39, 0.29) is 11.8 Å². The summed E-state index contributed by atoms with van der Waals surface area (Å²) in [5.74, 6) is -0.464. The van der Waals surface area contributed by atoms with Gasteiger partial charge in [-0.25, -0.2) is 0 Å². The molecule has 0 aliphatic carbocycles. The number of para-hydroxylation sites is 1. The van der Waals surface area contributed by atoms with E-state index in [2.05, 4.69) is 15.6 Å². The molecule has 35 heavy (non-hydrogen) atoms. The number of rotatable bonds is 6. The molecule has 0 saturated carbocycles. The molecule has 5 rings (SSSR count). The molecule has 0 saturated heterocycles. The lowest BCUT2D eigenvalue weighted by Gasteiger charge is -2.11. The molecule has 6 nitrogen and oxygen atoms in total. The smallest absolute Gasteiger partial charge is 0.258 e. The van der Waals surface area contributed by atoms with E-state index in [9.17, 15) is 9.59 Å². The van der Waals surface area contributed by atoms with Gasteiger partial charge in [-0.05, 0) is 42.0 Å². The van der Waals surface area contributed by atoms with Gasteiger partial charge in [0.25, 0.3) is 11.8 Å². The number of pyridine rings is 1. The number of hydrogen-bond donors (Lipinski definition) is 2. The molecule has 2 heterocycles. The van der Waals surface area contributed by atoms with Gasteiger partial charge in [0, 0.05) is 35.4 Å². The number of hydrogen-bond acceptors (Lipinski definition) is 3. The Morgan fingerprint density at radius 1 is 0.829 bits per heavy atom. The summed E-state index contributed by atoms with van der Waals surface area (Å²) < 4.78 is 2.04. The van der Waals surface area contributed by atoms with E-state index in [4.69, 9.17) is 0 Å². The van der Waals surface area contributed by atoms with Crippen molar-refractivity contribution in [2.24, 2.45) is 7.05 Å². The van der Waals surface area contributed by atoms with Crippen LogP contribution in [0.2, 0.25) is 0 Å². The molecule has 0 fully saturated rings. The van der Waals surface area contributed by atoms with Gasteiger partial charge in [-0.1, -0.05) is 60.7 Å². The first kappa shape index (κ1) is 22.1. The molecule has 0 aliphatic heterocycles. The molecular formula is C29H24N4O2. The SMILES string of the molecule is Cn1c(-c2ccccc2)c(C(=O)Nc2cccc(C(=O)NCc3ccccn3)c2)c2ccccc21. The number of fused-ring (bicyclic) bond motifs is 1. The Bertz CT molecular complexity index is 1510. The summed E-state index contributed by atoms with van der Waals surface area (Å²) in [5.41, 5.74) is 5.15. The lowest BCUT2D eigenvalue weighted by atomic mass is 10.0. The second kappa shape index (κ2) is 9.65. The Labute approximate surface area is 203 Å². The molecule has 0 aliphatic rings. The fraction of sp³-hybridized carbons (Fsp3) is 0.0690. The highest BCUT2D eigenvalue weighted by Crippen LogP contribution is 2.33. The standard InChI is InChI=1S/C29H24N4O2/c1-33-25-16-6-5-15-24(25)26(27(33)20-10-3-2-4-11-20)29(35)32-22-14-9-12-21(18-22)28(34)31-19-23-13-7-8-17-30-23/h2-18H,19H2,1H3,(H,31,34)(H,32,35). The number of nitrogens with one attached hydrogen (secondary N) is 2. The van der Waals surface area contributed by atoms with E-state index in [1.165, 1.54) is 0 Å². The molecule has 2 aromatic heterocycles. The maximum absolute atomic E-state index is 13.6. The third-order valence-electron chi connectivity index (χ3n) is 5.92. The minimum Gasteiger partial charge on any atom is -0.346 e. The lowest BCUT2D eigenvalue weighted by Crippen LogP contribution is -2.23. The van der Waals surface area contributed by atoms with Crippen molar-refractivity contribution in [2.75, 3.05) is 5.32 Å². The Hall–Kier alpha value is -4.71. The van der Waals surface area contributed by atoms with Crippen LogP contribution in [-0.2, 0) is 13.6 Å². The van der Waals surface area contributed by atoms with Gasteiger partial charge in [-0.15, -0.1) is 0 Å². The van der Waals surface area contributed by atoms with Crippen LogP contribution in [0.4, 0.5) is 5.69 Å². The van der Waals surface area contributed by atoms with Crippen LogP contribution in [0.25, 0.3) is 22.2 Å². The number of carbonyl (C=O) groups excluding carboxylic acids is 2. The summed E-state index contributed by atoms with van der Waals surface area (Å²) in [5, 5.41) is 6.74. The van der Waals surface area contributed by atoms with E-state index in [0.717, 1.165) is 27.9 Å². The zero-order valence-corrected chi connectivity index (χ0v) is 19.2. The van der Waals surface area contributed by atoms with Crippen molar-refractivity contribution in [1.29, 1.82) is 0 Å². The predicted molar refractivity (Wildman–Crippen MR) is 138 cm³/mol. The van der Waals surface area contributed by atoms with Gasteiger partial charge >= 0.3 is 0 Å². The van der Waals surface area contributed by atoms with Crippen LogP contribution in [0.5, 0.6) is 0 Å². The van der Waals surface area contributed by atoms with Crippen molar-refractivity contribution >= 4 is 28.4 Å². The van der Waals surface area contributed by atoms with Gasteiger partial charge < -0.3 is 15.2 Å². The van der Waals surface area contributed by atoms with Gasteiger partial charge in [0.15, 0.2) is 0 Å². The van der Waals surface area contributed by atoms with Gasteiger partial charge in [-0.2, -0.15) is 0 Å². The maximum atomic E-state index is 13.6. The number of anilines is 1. The highest BCUT2D eigenvalue weighted by atomic mass is 16.2. The quantitative estimate of drug-likeness (QED) is 0.355. The molecule has 6 heteroatoms. The zero-order valence-electron chi connectivity index (χ0n) is 19.2. The van der Waals surface area contributed by atoms with Gasteiger partial charge in [0.05, 0.1) is 23.5 Å². The third kappa shape index (κ3) is 4.54. The number of aryl methyl sites for hydroxylation is 1. The first-order chi connectivity index (χ1) is 17.1. The van der Waals surface area contributed by atoms with E-state index >= 15 is 0 Å². The number of amides is 2. The molecule has 0 atom stereocenters. The van der Waals surface area contributed by atoms with Crippen molar-refractivity contribution in [3.8, 4) is 11.3 Å². The Morgan fingerprint density at radius 3 is 2.40 bits per heavy atom. The van der Waals surface area contributed by atoms with E-state index in [1.807, 2.05) is 84.4 Å². The van der Waals surface area contributed by atoms with Gasteiger partial charge in [0.1, 0.15) is 0 Å². The molecule has 0 bridgehead atoms. The van der Waals surface area contributed by atoms with Crippen LogP contribution in [0.15, 0.2) is 103 Å². The molecule has 0 spiro atoms. The molecule has 2 N–H and O–H groups in total. The monoisotopic (exact) mass is 460 g/mol. The number of benzene rings is 3. The molecular weight excluding hydrogens is 436 g/mol. The lowest BCUT2D eigenvalue weighted by molar-refractivity contribution is 0.0949. The fourth-order valence-electron chi connectivity index (χ4n) is 4.26. The summed E-state index contributed by atoms with van der Waals surface area (Å²) in [6, 6.07) is 30.2. The van der Waals surface area contributed by atoms with Crippen molar-refractivity contribution in [3.05, 3.63) is 120 Å². The first-order valence-corrected chi connectivity index (χ1v) is 11.3. The first-order valence-electron chi connectivity index (χ1n) is 11.3. The summed E-state index contributed by atoms with van der Waals surface area (Å²) in [7, 11) is 1.97.